The molecule has 4 aliphatic heterocycles. The van der Waals surface area contributed by atoms with E-state index in [4.69, 9.17) is 4.74 Å². The molecule has 0 spiro atoms. The predicted octanol–water partition coefficient (Wildman–Crippen LogP) is 13.8. The smallest absolute Gasteiger partial charge is 0.219 e. The molecule has 5 aromatic carbocycles. The molecule has 0 radical (unpaired) electrons. The molecule has 4 fully saturated rings. The van der Waals surface area contributed by atoms with E-state index in [-0.39, 0.29) is 19.2 Å². The van der Waals surface area contributed by atoms with Crippen LogP contribution in [0.15, 0.2) is 133 Å². The molecule has 0 N–H and O–H groups in total. The number of likely N-dealkylation sites (tertiary alicyclic amines) is 2. The second-order valence-corrected chi connectivity index (χ2v) is 15.1. The van der Waals surface area contributed by atoms with E-state index in [9.17, 15) is 9.59 Å². The summed E-state index contributed by atoms with van der Waals surface area (Å²) in [6, 6.07) is 45.5. The SMILES string of the molecule is C.CC.CC.CC.CC(=O)N1CC1.CC(=O)N1CCCC1.CN1CC1.CN1CCCC1.COCc1ccccc1.Cc1cccc2ccccc12.Cc1ccccc1.Cc1ccccc1. The lowest BCUT2D eigenvalue weighted by atomic mass is 10.1. The van der Waals surface area contributed by atoms with Gasteiger partial charge in [0.2, 0.25) is 11.8 Å². The predicted molar refractivity (Wildman–Crippen MR) is 287 cm³/mol. The van der Waals surface area contributed by atoms with Gasteiger partial charge in [0, 0.05) is 60.2 Å². The number of ether oxygens (including phenoxy) is 1. The average Bonchev–Trinajstić information content (AvgIpc) is 4.23. The van der Waals surface area contributed by atoms with Crippen molar-refractivity contribution < 1.29 is 14.3 Å². The Morgan fingerprint density at radius 3 is 1.08 bits per heavy atom. The third-order valence-corrected chi connectivity index (χ3v) is 9.49. The maximum Gasteiger partial charge on any atom is 0.219 e. The minimum atomic E-state index is 0. The van der Waals surface area contributed by atoms with E-state index in [0.717, 1.165) is 26.2 Å². The summed E-state index contributed by atoms with van der Waals surface area (Å²) in [5, 5.41) is 2.68. The topological polar surface area (TPSA) is 55.9 Å². The van der Waals surface area contributed by atoms with Gasteiger partial charge in [-0.15, -0.1) is 0 Å². The van der Waals surface area contributed by atoms with Gasteiger partial charge in [0.25, 0.3) is 0 Å². The standard InChI is InChI=1S/C11H10.C8H10O.2C7H8.C6H11NO.C5H11N.C4H7NO.C3H7N.3C2H6.CH4/c1-9-5-4-7-10-6-2-3-8-11(9)10;1-9-7-8-5-3-2-4-6-8;2*1-7-5-3-2-4-6-7;1-6(8)7-4-2-3-5-7;1-6-4-2-3-5-6;1-4(6)5-2-3-5;1-4-2-3-4;3*1-2;/h2-8H,1H3;2-6H,7H2,1H3;2*2-6H,1H3;2-5H2,1H3;2-5H2,1H3;2-3H2,1H3;2-3H2,1H3;3*1-2H3;1H4. The van der Waals surface area contributed by atoms with Crippen LogP contribution in [-0.4, -0.2) is 105 Å². The zero-order valence-corrected chi connectivity index (χ0v) is 42.9. The van der Waals surface area contributed by atoms with Gasteiger partial charge in [-0.1, -0.05) is 194 Å². The van der Waals surface area contributed by atoms with E-state index in [1.165, 1.54) is 84.9 Å². The van der Waals surface area contributed by atoms with Gasteiger partial charge >= 0.3 is 0 Å². The highest BCUT2D eigenvalue weighted by atomic mass is 16.5. The summed E-state index contributed by atoms with van der Waals surface area (Å²) in [5.74, 6) is 0.428. The molecule has 7 nitrogen and oxygen atoms in total. The van der Waals surface area contributed by atoms with Crippen LogP contribution in [0.3, 0.4) is 0 Å². The van der Waals surface area contributed by atoms with Gasteiger partial charge in [0.1, 0.15) is 0 Å². The third kappa shape index (κ3) is 38.2. The van der Waals surface area contributed by atoms with Crippen LogP contribution in [0.25, 0.3) is 10.8 Å². The highest BCUT2D eigenvalue weighted by Gasteiger charge is 2.18. The summed E-state index contributed by atoms with van der Waals surface area (Å²) < 4.78 is 4.93. The average molecular weight is 895 g/mol. The quantitative estimate of drug-likeness (QED) is 0.165. The molecule has 0 unspecified atom stereocenters. The van der Waals surface area contributed by atoms with Gasteiger partial charge in [0.05, 0.1) is 6.61 Å². The first kappa shape index (κ1) is 64.5. The van der Waals surface area contributed by atoms with Gasteiger partial charge in [0.15, 0.2) is 0 Å². The Hall–Kier alpha value is -4.82. The molecule has 4 saturated heterocycles. The number of aryl methyl sites for hydroxylation is 3. The Bertz CT molecular complexity index is 1720. The number of benzene rings is 5. The molecule has 5 aromatic rings. The molecule has 9 rings (SSSR count). The van der Waals surface area contributed by atoms with Crippen molar-refractivity contribution in [2.45, 2.75) is 116 Å². The van der Waals surface area contributed by atoms with Crippen LogP contribution in [0.2, 0.25) is 0 Å². The normalized spacial score (nSPS) is 13.2. The molecule has 4 heterocycles. The van der Waals surface area contributed by atoms with E-state index in [1.807, 2.05) is 113 Å². The van der Waals surface area contributed by atoms with E-state index < -0.39 is 0 Å². The highest BCUT2D eigenvalue weighted by molar-refractivity contribution is 5.85. The van der Waals surface area contributed by atoms with Crippen molar-refractivity contribution in [3.63, 3.8) is 0 Å². The number of rotatable bonds is 2. The number of fused-ring (bicyclic) bond motifs is 1. The van der Waals surface area contributed by atoms with Crippen molar-refractivity contribution in [3.05, 3.63) is 156 Å². The van der Waals surface area contributed by atoms with Crippen molar-refractivity contribution in [1.29, 1.82) is 0 Å². The third-order valence-electron chi connectivity index (χ3n) is 9.49. The van der Waals surface area contributed by atoms with Gasteiger partial charge in [-0.2, -0.15) is 0 Å². The molecule has 7 heteroatoms. The zero-order valence-electron chi connectivity index (χ0n) is 42.9. The number of hydrogen-bond acceptors (Lipinski definition) is 5. The minimum absolute atomic E-state index is 0. The molecule has 0 bridgehead atoms. The van der Waals surface area contributed by atoms with Crippen molar-refractivity contribution in [2.75, 3.05) is 73.6 Å². The minimum Gasteiger partial charge on any atom is -0.380 e. The molecular weight excluding hydrogens is 801 g/mol. The van der Waals surface area contributed by atoms with Crippen molar-refractivity contribution in [2.24, 2.45) is 0 Å². The molecular formula is C58H94N4O3. The van der Waals surface area contributed by atoms with E-state index in [1.54, 1.807) is 25.9 Å². The monoisotopic (exact) mass is 895 g/mol. The van der Waals surface area contributed by atoms with E-state index in [2.05, 4.69) is 111 Å². The molecule has 0 aromatic heterocycles. The van der Waals surface area contributed by atoms with Crippen molar-refractivity contribution >= 4 is 22.6 Å². The van der Waals surface area contributed by atoms with Crippen LogP contribution < -0.4 is 0 Å². The molecule has 4 aliphatic rings. The number of carbonyl (C=O) groups is 2. The van der Waals surface area contributed by atoms with Gasteiger partial charge in [-0.25, -0.2) is 0 Å². The fourth-order valence-electron chi connectivity index (χ4n) is 5.57. The number of carbonyl (C=O) groups excluding carboxylic acids is 2. The summed E-state index contributed by atoms with van der Waals surface area (Å²) >= 11 is 0. The Morgan fingerprint density at radius 1 is 0.462 bits per heavy atom. The van der Waals surface area contributed by atoms with Crippen LogP contribution in [0.4, 0.5) is 0 Å². The molecule has 0 atom stereocenters. The summed E-state index contributed by atoms with van der Waals surface area (Å²) in [5.41, 5.74) is 5.22. The van der Waals surface area contributed by atoms with E-state index in [0.29, 0.717) is 6.61 Å². The molecule has 0 aliphatic carbocycles. The number of likely N-dealkylation sites (N-methyl/N-ethyl adjacent to an activating group) is 1. The molecule has 2 amide bonds. The largest absolute Gasteiger partial charge is 0.380 e. The fourth-order valence-corrected chi connectivity index (χ4v) is 5.57. The molecule has 0 saturated carbocycles. The molecule has 65 heavy (non-hydrogen) atoms. The second-order valence-electron chi connectivity index (χ2n) is 15.1. The lowest BCUT2D eigenvalue weighted by Gasteiger charge is -2.10. The lowest BCUT2D eigenvalue weighted by Crippen LogP contribution is -2.24. The zero-order chi connectivity index (χ0) is 48.4. The first-order chi connectivity index (χ1) is 31.0. The Labute approximate surface area is 400 Å². The van der Waals surface area contributed by atoms with E-state index >= 15 is 0 Å². The number of hydrogen-bond donors (Lipinski definition) is 0. The number of methoxy groups -OCH3 is 1. The first-order valence-electron chi connectivity index (χ1n) is 23.9. The lowest BCUT2D eigenvalue weighted by molar-refractivity contribution is -0.127. The van der Waals surface area contributed by atoms with Gasteiger partial charge in [-0.05, 0) is 95.5 Å². The van der Waals surface area contributed by atoms with Crippen LogP contribution in [0.5, 0.6) is 0 Å². The Kier molecular flexibility index (Phi) is 44.0. The maximum atomic E-state index is 10.6. The van der Waals surface area contributed by atoms with Crippen molar-refractivity contribution in [1.82, 2.24) is 19.6 Å². The van der Waals surface area contributed by atoms with Gasteiger partial charge < -0.3 is 24.3 Å². The van der Waals surface area contributed by atoms with Crippen LogP contribution in [-0.2, 0) is 20.9 Å². The van der Waals surface area contributed by atoms with Gasteiger partial charge in [-0.3, -0.25) is 9.59 Å². The van der Waals surface area contributed by atoms with Crippen LogP contribution >= 0.6 is 0 Å². The van der Waals surface area contributed by atoms with Crippen LogP contribution in [0.1, 0.15) is 111 Å². The Morgan fingerprint density at radius 2 is 0.800 bits per heavy atom. The first-order valence-corrected chi connectivity index (χ1v) is 23.9. The fraction of sp³-hybridized carbons (Fsp3) is 0.483. The summed E-state index contributed by atoms with van der Waals surface area (Å²) in [7, 11) is 5.99. The number of nitrogens with zero attached hydrogens (tertiary/aromatic N) is 4. The maximum absolute atomic E-state index is 10.6. The second kappa shape index (κ2) is 44.4. The Balaban J connectivity index is -0.000000670. The van der Waals surface area contributed by atoms with Crippen LogP contribution in [0, 0.1) is 20.8 Å². The summed E-state index contributed by atoms with van der Waals surface area (Å²) in [6.07, 6.45) is 5.21. The summed E-state index contributed by atoms with van der Waals surface area (Å²) in [6.45, 7) is 31.4. The number of amides is 2. The summed E-state index contributed by atoms with van der Waals surface area (Å²) in [4.78, 5) is 29.0. The highest BCUT2D eigenvalue weighted by Crippen LogP contribution is 2.16. The van der Waals surface area contributed by atoms with Crippen molar-refractivity contribution in [3.8, 4) is 0 Å². The molecule has 364 valence electrons.